The second-order valence-corrected chi connectivity index (χ2v) is 5.03. The third-order valence-corrected chi connectivity index (χ3v) is 3.46. The van der Waals surface area contributed by atoms with E-state index >= 15 is 0 Å². The Bertz CT molecular complexity index is 811. The lowest BCUT2D eigenvalue weighted by atomic mass is 10.1. The zero-order chi connectivity index (χ0) is 15.5. The van der Waals surface area contributed by atoms with Crippen LogP contribution in [0.2, 0.25) is 0 Å². The first-order valence-corrected chi connectivity index (χ1v) is 6.83. The van der Waals surface area contributed by atoms with E-state index in [1.165, 1.54) is 18.2 Å². The van der Waals surface area contributed by atoms with E-state index in [0.29, 0.717) is 11.4 Å². The van der Waals surface area contributed by atoms with Gasteiger partial charge < -0.3 is 5.32 Å². The molecule has 1 N–H and O–H groups in total. The first kappa shape index (κ1) is 13.9. The predicted octanol–water partition coefficient (Wildman–Crippen LogP) is 2.53. The van der Waals surface area contributed by atoms with Gasteiger partial charge in [0.25, 0.3) is 5.91 Å². The molecular weight excluding hydrogens is 278 g/mol. The van der Waals surface area contributed by atoms with Crippen molar-refractivity contribution in [3.05, 3.63) is 65.9 Å². The fourth-order valence-electron chi connectivity index (χ4n) is 2.04. The SMILES string of the molecule is Cc1ccc(NC(=O)c2ccnc(-n3cnnc3)c2)cc1C. The molecule has 3 rings (SSSR count). The van der Waals surface area contributed by atoms with Crippen LogP contribution in [-0.2, 0) is 0 Å². The number of nitrogens with zero attached hydrogens (tertiary/aromatic N) is 4. The van der Waals surface area contributed by atoms with Gasteiger partial charge in [-0.3, -0.25) is 9.36 Å². The van der Waals surface area contributed by atoms with E-state index < -0.39 is 0 Å². The lowest BCUT2D eigenvalue weighted by molar-refractivity contribution is 0.102. The third-order valence-electron chi connectivity index (χ3n) is 3.46. The number of benzene rings is 1. The highest BCUT2D eigenvalue weighted by Crippen LogP contribution is 2.15. The van der Waals surface area contributed by atoms with Crippen molar-refractivity contribution in [2.75, 3.05) is 5.32 Å². The fourth-order valence-corrected chi connectivity index (χ4v) is 2.04. The Balaban J connectivity index is 1.83. The minimum Gasteiger partial charge on any atom is -0.322 e. The quantitative estimate of drug-likeness (QED) is 0.805. The number of carbonyl (C=O) groups is 1. The summed E-state index contributed by atoms with van der Waals surface area (Å²) in [5, 5.41) is 10.4. The molecule has 6 heteroatoms. The molecule has 6 nitrogen and oxygen atoms in total. The Hall–Kier alpha value is -3.02. The van der Waals surface area contributed by atoms with Gasteiger partial charge in [-0.05, 0) is 49.2 Å². The second kappa shape index (κ2) is 5.77. The van der Waals surface area contributed by atoms with Crippen LogP contribution < -0.4 is 5.32 Å². The minimum absolute atomic E-state index is 0.181. The van der Waals surface area contributed by atoms with E-state index in [1.54, 1.807) is 22.9 Å². The number of rotatable bonds is 3. The highest BCUT2D eigenvalue weighted by atomic mass is 16.1. The van der Waals surface area contributed by atoms with E-state index in [4.69, 9.17) is 0 Å². The molecule has 0 aliphatic rings. The predicted molar refractivity (Wildman–Crippen MR) is 83.0 cm³/mol. The van der Waals surface area contributed by atoms with Gasteiger partial charge in [-0.25, -0.2) is 4.98 Å². The Morgan fingerprint density at radius 3 is 2.55 bits per heavy atom. The summed E-state index contributed by atoms with van der Waals surface area (Å²) in [6, 6.07) is 9.20. The number of nitrogens with one attached hydrogen (secondary N) is 1. The van der Waals surface area contributed by atoms with E-state index in [-0.39, 0.29) is 5.91 Å². The lowest BCUT2D eigenvalue weighted by Gasteiger charge is -2.08. The largest absolute Gasteiger partial charge is 0.322 e. The topological polar surface area (TPSA) is 72.7 Å². The van der Waals surface area contributed by atoms with Crippen LogP contribution in [0, 0.1) is 13.8 Å². The molecule has 0 spiro atoms. The van der Waals surface area contributed by atoms with Crippen LogP contribution in [0.15, 0.2) is 49.2 Å². The molecule has 2 heterocycles. The molecule has 2 aromatic heterocycles. The Kier molecular flexibility index (Phi) is 3.65. The maximum Gasteiger partial charge on any atom is 0.255 e. The zero-order valence-corrected chi connectivity index (χ0v) is 12.3. The molecule has 0 aliphatic heterocycles. The summed E-state index contributed by atoms with van der Waals surface area (Å²) in [6.07, 6.45) is 4.66. The van der Waals surface area contributed by atoms with Gasteiger partial charge in [0, 0.05) is 17.4 Å². The van der Waals surface area contributed by atoms with Gasteiger partial charge in [0.2, 0.25) is 0 Å². The summed E-state index contributed by atoms with van der Waals surface area (Å²) in [4.78, 5) is 16.6. The van der Waals surface area contributed by atoms with Crippen LogP contribution in [-0.4, -0.2) is 25.7 Å². The van der Waals surface area contributed by atoms with Gasteiger partial charge in [-0.2, -0.15) is 0 Å². The van der Waals surface area contributed by atoms with Crippen LogP contribution in [0.1, 0.15) is 21.5 Å². The smallest absolute Gasteiger partial charge is 0.255 e. The van der Waals surface area contributed by atoms with Crippen molar-refractivity contribution in [1.82, 2.24) is 19.7 Å². The molecule has 1 amide bonds. The summed E-state index contributed by atoms with van der Waals surface area (Å²) in [7, 11) is 0. The number of pyridine rings is 1. The van der Waals surface area contributed by atoms with Crippen LogP contribution in [0.25, 0.3) is 5.82 Å². The van der Waals surface area contributed by atoms with Crippen LogP contribution >= 0.6 is 0 Å². The maximum absolute atomic E-state index is 12.4. The summed E-state index contributed by atoms with van der Waals surface area (Å²) < 4.78 is 1.65. The molecule has 0 aliphatic carbocycles. The Morgan fingerprint density at radius 2 is 1.82 bits per heavy atom. The van der Waals surface area contributed by atoms with Crippen LogP contribution in [0.3, 0.4) is 0 Å². The van der Waals surface area contributed by atoms with Crippen LogP contribution in [0.4, 0.5) is 5.69 Å². The molecule has 0 fully saturated rings. The monoisotopic (exact) mass is 293 g/mol. The number of carbonyl (C=O) groups excluding carboxylic acids is 1. The van der Waals surface area contributed by atoms with Gasteiger partial charge in [-0.15, -0.1) is 10.2 Å². The summed E-state index contributed by atoms with van der Waals surface area (Å²) >= 11 is 0. The molecule has 0 atom stereocenters. The van der Waals surface area contributed by atoms with Crippen molar-refractivity contribution >= 4 is 11.6 Å². The minimum atomic E-state index is -0.181. The van der Waals surface area contributed by atoms with E-state index in [1.807, 2.05) is 32.0 Å². The summed E-state index contributed by atoms with van der Waals surface area (Å²) in [5.74, 6) is 0.415. The van der Waals surface area contributed by atoms with E-state index in [9.17, 15) is 4.79 Å². The molecule has 110 valence electrons. The number of hydrogen-bond donors (Lipinski definition) is 1. The third kappa shape index (κ3) is 2.85. The van der Waals surface area contributed by atoms with Gasteiger partial charge in [0.1, 0.15) is 18.5 Å². The number of anilines is 1. The van der Waals surface area contributed by atoms with E-state index in [0.717, 1.165) is 11.3 Å². The van der Waals surface area contributed by atoms with Crippen molar-refractivity contribution in [3.8, 4) is 5.82 Å². The second-order valence-electron chi connectivity index (χ2n) is 5.03. The molecule has 1 aromatic carbocycles. The molecule has 3 aromatic rings. The first-order chi connectivity index (χ1) is 10.6. The number of hydrogen-bond acceptors (Lipinski definition) is 4. The van der Waals surface area contributed by atoms with E-state index in [2.05, 4.69) is 20.5 Å². The molecule has 0 saturated carbocycles. The standard InChI is InChI=1S/C16H15N5O/c1-11-3-4-14(7-12(11)2)20-16(22)13-5-6-17-15(8-13)21-9-18-19-10-21/h3-10H,1-2H3,(H,20,22). The lowest BCUT2D eigenvalue weighted by Crippen LogP contribution is -2.13. The highest BCUT2D eigenvalue weighted by Gasteiger charge is 2.09. The van der Waals surface area contributed by atoms with Crippen molar-refractivity contribution in [3.63, 3.8) is 0 Å². The summed E-state index contributed by atoms with van der Waals surface area (Å²) in [6.45, 7) is 4.05. The molecule has 22 heavy (non-hydrogen) atoms. The van der Waals surface area contributed by atoms with Crippen molar-refractivity contribution in [2.24, 2.45) is 0 Å². The first-order valence-electron chi connectivity index (χ1n) is 6.83. The number of aromatic nitrogens is 4. The Labute approximate surface area is 127 Å². The molecule has 0 saturated heterocycles. The van der Waals surface area contributed by atoms with Crippen molar-refractivity contribution in [1.29, 1.82) is 0 Å². The molecule has 0 radical (unpaired) electrons. The molecule has 0 bridgehead atoms. The van der Waals surface area contributed by atoms with Gasteiger partial charge in [0.05, 0.1) is 0 Å². The highest BCUT2D eigenvalue weighted by molar-refractivity contribution is 6.04. The number of amides is 1. The summed E-state index contributed by atoms with van der Waals surface area (Å²) in [5.41, 5.74) is 3.63. The van der Waals surface area contributed by atoms with Gasteiger partial charge in [-0.1, -0.05) is 6.07 Å². The normalized spacial score (nSPS) is 10.5. The molecular formula is C16H15N5O. The number of aryl methyl sites for hydroxylation is 2. The maximum atomic E-state index is 12.4. The van der Waals surface area contributed by atoms with Gasteiger partial charge in [0.15, 0.2) is 0 Å². The molecule has 0 unspecified atom stereocenters. The van der Waals surface area contributed by atoms with Crippen molar-refractivity contribution < 1.29 is 4.79 Å². The van der Waals surface area contributed by atoms with Crippen molar-refractivity contribution in [2.45, 2.75) is 13.8 Å². The average molecular weight is 293 g/mol. The Morgan fingerprint density at radius 1 is 1.05 bits per heavy atom. The van der Waals surface area contributed by atoms with Crippen LogP contribution in [0.5, 0.6) is 0 Å². The fraction of sp³-hybridized carbons (Fsp3) is 0.125. The average Bonchev–Trinajstić information content (AvgIpc) is 3.05. The zero-order valence-electron chi connectivity index (χ0n) is 12.3. The van der Waals surface area contributed by atoms with Gasteiger partial charge >= 0.3 is 0 Å².